The monoisotopic (exact) mass is 165 g/mol. The summed E-state index contributed by atoms with van der Waals surface area (Å²) >= 11 is 0. The number of aliphatic hydroxyl groups excluding tert-OH is 1. The van der Waals surface area contributed by atoms with Crippen LogP contribution in [0, 0.1) is 0 Å². The van der Waals surface area contributed by atoms with Gasteiger partial charge in [0.25, 0.3) is 0 Å². The third-order valence-electron chi connectivity index (χ3n) is 1.60. The Morgan fingerprint density at radius 3 is 2.50 bits per heavy atom. The highest BCUT2D eigenvalue weighted by Crippen LogP contribution is 2.02. The molecule has 3 heteroatoms. The van der Waals surface area contributed by atoms with Gasteiger partial charge in [-0.15, -0.1) is 0 Å². The molecule has 0 aromatic heterocycles. The van der Waals surface area contributed by atoms with Crippen LogP contribution in [0.15, 0.2) is 30.3 Å². The number of hydrogen-bond acceptors (Lipinski definition) is 2. The van der Waals surface area contributed by atoms with E-state index in [0.29, 0.717) is 0 Å². The van der Waals surface area contributed by atoms with Gasteiger partial charge in [0.1, 0.15) is 6.10 Å². The Morgan fingerprint density at radius 2 is 2.00 bits per heavy atom. The molecule has 1 aromatic carbocycles. The summed E-state index contributed by atoms with van der Waals surface area (Å²) in [4.78, 5) is 10.5. The van der Waals surface area contributed by atoms with Crippen LogP contribution in [0.1, 0.15) is 5.56 Å². The molecule has 64 valence electrons. The van der Waals surface area contributed by atoms with Crippen molar-refractivity contribution in [1.29, 1.82) is 0 Å². The van der Waals surface area contributed by atoms with Gasteiger partial charge in [0.15, 0.2) is 0 Å². The number of carbonyl (C=O) groups excluding carboxylic acids is 1. The van der Waals surface area contributed by atoms with Gasteiger partial charge in [-0.2, -0.15) is 0 Å². The van der Waals surface area contributed by atoms with Gasteiger partial charge >= 0.3 is 0 Å². The van der Waals surface area contributed by atoms with E-state index in [1.807, 2.05) is 30.3 Å². The van der Waals surface area contributed by atoms with Gasteiger partial charge in [0.05, 0.1) is 0 Å². The van der Waals surface area contributed by atoms with E-state index in [1.165, 1.54) is 0 Å². The van der Waals surface area contributed by atoms with E-state index < -0.39 is 12.0 Å². The van der Waals surface area contributed by atoms with Crippen LogP contribution in [-0.2, 0) is 11.2 Å². The zero-order chi connectivity index (χ0) is 8.97. The van der Waals surface area contributed by atoms with Crippen LogP contribution in [0.5, 0.6) is 0 Å². The minimum atomic E-state index is -1.08. The molecule has 3 N–H and O–H groups in total. The highest BCUT2D eigenvalue weighted by molar-refractivity contribution is 5.78. The zero-order valence-electron chi connectivity index (χ0n) is 6.60. The average Bonchev–Trinajstić information content (AvgIpc) is 2.06. The Morgan fingerprint density at radius 1 is 1.42 bits per heavy atom. The molecule has 0 aliphatic rings. The molecule has 0 fully saturated rings. The quantitative estimate of drug-likeness (QED) is 0.666. The Balaban J connectivity index is 2.58. The van der Waals surface area contributed by atoms with Crippen LogP contribution in [0.4, 0.5) is 0 Å². The number of benzene rings is 1. The summed E-state index contributed by atoms with van der Waals surface area (Å²) in [6.45, 7) is 0. The van der Waals surface area contributed by atoms with E-state index in [1.54, 1.807) is 0 Å². The zero-order valence-corrected chi connectivity index (χ0v) is 6.60. The lowest BCUT2D eigenvalue weighted by molar-refractivity contribution is -0.125. The maximum Gasteiger partial charge on any atom is 0.246 e. The molecule has 0 bridgehead atoms. The SMILES string of the molecule is NC(=O)[C@H](O)Cc1ccccc1. The number of hydrogen-bond donors (Lipinski definition) is 2. The van der Waals surface area contributed by atoms with E-state index >= 15 is 0 Å². The molecule has 0 spiro atoms. The topological polar surface area (TPSA) is 63.3 Å². The Kier molecular flexibility index (Phi) is 2.82. The average molecular weight is 165 g/mol. The highest BCUT2D eigenvalue weighted by Gasteiger charge is 2.10. The van der Waals surface area contributed by atoms with Gasteiger partial charge in [-0.05, 0) is 5.56 Å². The molecule has 0 aliphatic carbocycles. The van der Waals surface area contributed by atoms with Crippen molar-refractivity contribution in [3.63, 3.8) is 0 Å². The number of aliphatic hydroxyl groups is 1. The van der Waals surface area contributed by atoms with E-state index in [2.05, 4.69) is 0 Å². The third-order valence-corrected chi connectivity index (χ3v) is 1.60. The molecule has 3 nitrogen and oxygen atoms in total. The lowest BCUT2D eigenvalue weighted by Gasteiger charge is -2.04. The van der Waals surface area contributed by atoms with Crippen LogP contribution < -0.4 is 5.73 Å². The van der Waals surface area contributed by atoms with Crippen molar-refractivity contribution in [3.05, 3.63) is 35.9 Å². The molecule has 12 heavy (non-hydrogen) atoms. The summed E-state index contributed by atoms with van der Waals surface area (Å²) in [5, 5.41) is 9.11. The Bertz CT molecular complexity index is 258. The molecular weight excluding hydrogens is 154 g/mol. The first-order valence-corrected chi connectivity index (χ1v) is 3.71. The predicted molar refractivity (Wildman–Crippen MR) is 45.3 cm³/mol. The minimum Gasteiger partial charge on any atom is -0.383 e. The van der Waals surface area contributed by atoms with Gasteiger partial charge in [-0.3, -0.25) is 4.79 Å². The second-order valence-corrected chi connectivity index (χ2v) is 2.61. The number of carbonyl (C=O) groups is 1. The summed E-state index contributed by atoms with van der Waals surface area (Å²) in [5.74, 6) is -0.682. The molecule has 1 amide bonds. The smallest absolute Gasteiger partial charge is 0.246 e. The molecule has 1 atom stereocenters. The maximum absolute atomic E-state index is 10.5. The molecule has 0 saturated carbocycles. The van der Waals surface area contributed by atoms with Crippen molar-refractivity contribution >= 4 is 5.91 Å². The van der Waals surface area contributed by atoms with E-state index in [9.17, 15) is 4.79 Å². The normalized spacial score (nSPS) is 12.4. The fraction of sp³-hybridized carbons (Fsp3) is 0.222. The van der Waals surface area contributed by atoms with Crippen LogP contribution in [-0.4, -0.2) is 17.1 Å². The molecule has 0 radical (unpaired) electrons. The second-order valence-electron chi connectivity index (χ2n) is 2.61. The fourth-order valence-corrected chi connectivity index (χ4v) is 0.938. The molecule has 0 saturated heterocycles. The first-order valence-electron chi connectivity index (χ1n) is 3.71. The van der Waals surface area contributed by atoms with Crippen LogP contribution in [0.25, 0.3) is 0 Å². The van der Waals surface area contributed by atoms with E-state index in [4.69, 9.17) is 10.8 Å². The molecular formula is C9H11NO2. The summed E-state index contributed by atoms with van der Waals surface area (Å²) in [6.07, 6.45) is -0.789. The van der Waals surface area contributed by atoms with Gasteiger partial charge in [0, 0.05) is 6.42 Å². The highest BCUT2D eigenvalue weighted by atomic mass is 16.3. The van der Waals surface area contributed by atoms with Crippen molar-refractivity contribution in [2.24, 2.45) is 5.73 Å². The van der Waals surface area contributed by atoms with Crippen LogP contribution >= 0.6 is 0 Å². The summed E-state index contributed by atoms with van der Waals surface area (Å²) in [6, 6.07) is 9.25. The summed E-state index contributed by atoms with van der Waals surface area (Å²) < 4.78 is 0. The summed E-state index contributed by atoms with van der Waals surface area (Å²) in [7, 11) is 0. The van der Waals surface area contributed by atoms with Crippen molar-refractivity contribution in [3.8, 4) is 0 Å². The van der Waals surface area contributed by atoms with Gasteiger partial charge < -0.3 is 10.8 Å². The number of nitrogens with two attached hydrogens (primary N) is 1. The summed E-state index contributed by atoms with van der Waals surface area (Å²) in [5.41, 5.74) is 5.80. The molecule has 0 heterocycles. The number of primary amides is 1. The number of rotatable bonds is 3. The van der Waals surface area contributed by atoms with Gasteiger partial charge in [-0.1, -0.05) is 30.3 Å². The van der Waals surface area contributed by atoms with Crippen molar-refractivity contribution in [2.45, 2.75) is 12.5 Å². The number of amides is 1. The predicted octanol–water partition coefficient (Wildman–Crippen LogP) is 0.0753. The third kappa shape index (κ3) is 2.36. The Hall–Kier alpha value is -1.35. The van der Waals surface area contributed by atoms with Crippen molar-refractivity contribution in [1.82, 2.24) is 0 Å². The first-order chi connectivity index (χ1) is 5.70. The molecule has 0 unspecified atom stereocenters. The van der Waals surface area contributed by atoms with E-state index in [-0.39, 0.29) is 6.42 Å². The largest absolute Gasteiger partial charge is 0.383 e. The maximum atomic E-state index is 10.5. The fourth-order valence-electron chi connectivity index (χ4n) is 0.938. The standard InChI is InChI=1S/C9H11NO2/c10-9(12)8(11)6-7-4-2-1-3-5-7/h1-5,8,11H,6H2,(H2,10,12)/t8-/m1/s1. The second kappa shape index (κ2) is 3.88. The first kappa shape index (κ1) is 8.74. The molecule has 1 rings (SSSR count). The van der Waals surface area contributed by atoms with Gasteiger partial charge in [-0.25, -0.2) is 0 Å². The molecule has 1 aromatic rings. The van der Waals surface area contributed by atoms with Gasteiger partial charge in [0.2, 0.25) is 5.91 Å². The van der Waals surface area contributed by atoms with Crippen molar-refractivity contribution in [2.75, 3.05) is 0 Å². The van der Waals surface area contributed by atoms with Crippen molar-refractivity contribution < 1.29 is 9.90 Å². The minimum absolute atomic E-state index is 0.288. The molecule has 0 aliphatic heterocycles. The lowest BCUT2D eigenvalue weighted by atomic mass is 10.1. The Labute approximate surface area is 70.8 Å². The lowest BCUT2D eigenvalue weighted by Crippen LogP contribution is -2.29. The van der Waals surface area contributed by atoms with Crippen LogP contribution in [0.3, 0.4) is 0 Å². The van der Waals surface area contributed by atoms with E-state index in [0.717, 1.165) is 5.56 Å². The van der Waals surface area contributed by atoms with Crippen LogP contribution in [0.2, 0.25) is 0 Å².